The highest BCUT2D eigenvalue weighted by Crippen LogP contribution is 2.27. The smallest absolute Gasteiger partial charge is 0.319 e. The van der Waals surface area contributed by atoms with Crippen LogP contribution in [0.1, 0.15) is 42.1 Å². The summed E-state index contributed by atoms with van der Waals surface area (Å²) in [7, 11) is 0. The molecule has 0 unspecified atom stereocenters. The number of carbonyl (C=O) groups excluding carboxylic acids is 2. The van der Waals surface area contributed by atoms with Gasteiger partial charge in [-0.2, -0.15) is 0 Å². The maximum atomic E-state index is 13.1. The number of carbonyl (C=O) groups is 2. The minimum absolute atomic E-state index is 0.0675. The van der Waals surface area contributed by atoms with Gasteiger partial charge in [0, 0.05) is 23.6 Å². The van der Waals surface area contributed by atoms with Crippen LogP contribution in [0.2, 0.25) is 0 Å². The van der Waals surface area contributed by atoms with Crippen molar-refractivity contribution in [2.45, 2.75) is 33.7 Å². The monoisotopic (exact) mass is 448 g/mol. The molecular weight excluding hydrogens is 424 g/mol. The summed E-state index contributed by atoms with van der Waals surface area (Å²) in [5.41, 5.74) is 1.59. The third-order valence-electron chi connectivity index (χ3n) is 4.72. The first-order valence-corrected chi connectivity index (χ1v) is 10.2. The molecule has 0 saturated carbocycles. The van der Waals surface area contributed by atoms with Crippen molar-refractivity contribution < 1.29 is 14.1 Å². The average Bonchev–Trinajstić information content (AvgIpc) is 3.05. The zero-order chi connectivity index (χ0) is 20.3. The number of nitrogens with zero attached hydrogens (tertiary/aromatic N) is 2. The van der Waals surface area contributed by atoms with Crippen molar-refractivity contribution in [3.05, 3.63) is 45.8 Å². The molecule has 0 aliphatic carbocycles. The largest absolute Gasteiger partial charge is 0.361 e. The number of amides is 3. The Morgan fingerprint density at radius 2 is 1.96 bits per heavy atom. The number of urea groups is 1. The summed E-state index contributed by atoms with van der Waals surface area (Å²) in [6.45, 7) is 7.81. The van der Waals surface area contributed by atoms with E-state index in [0.29, 0.717) is 34.5 Å². The Morgan fingerprint density at radius 1 is 1.25 bits per heavy atom. The molecule has 0 spiro atoms. The van der Waals surface area contributed by atoms with Gasteiger partial charge in [-0.3, -0.25) is 4.79 Å². The fourth-order valence-corrected chi connectivity index (χ4v) is 4.00. The quantitative estimate of drug-likeness (QED) is 0.733. The topological polar surface area (TPSA) is 87.5 Å². The fraction of sp³-hybridized carbons (Fsp3) is 0.450. The van der Waals surface area contributed by atoms with Crippen molar-refractivity contribution in [1.82, 2.24) is 15.4 Å². The number of aromatic nitrogens is 1. The second-order valence-corrected chi connectivity index (χ2v) is 8.50. The second kappa shape index (κ2) is 8.77. The van der Waals surface area contributed by atoms with Crippen LogP contribution < -0.4 is 10.6 Å². The SMILES string of the molecule is Cc1cc(CNC(=O)Nc2ccc(Br)cc2C(=O)N2C[C@H](C)C[C@H](C)C2)no1. The van der Waals surface area contributed by atoms with E-state index in [1.54, 1.807) is 31.2 Å². The summed E-state index contributed by atoms with van der Waals surface area (Å²) in [5.74, 6) is 1.54. The van der Waals surface area contributed by atoms with Gasteiger partial charge in [-0.15, -0.1) is 0 Å². The third kappa shape index (κ3) is 5.13. The molecule has 2 atom stereocenters. The minimum Gasteiger partial charge on any atom is -0.361 e. The molecule has 0 radical (unpaired) electrons. The summed E-state index contributed by atoms with van der Waals surface area (Å²) in [6, 6.07) is 6.64. The van der Waals surface area contributed by atoms with E-state index in [2.05, 4.69) is 45.6 Å². The first-order valence-electron chi connectivity index (χ1n) is 9.37. The molecule has 0 bridgehead atoms. The van der Waals surface area contributed by atoms with Crippen molar-refractivity contribution in [1.29, 1.82) is 0 Å². The second-order valence-electron chi connectivity index (χ2n) is 7.58. The van der Waals surface area contributed by atoms with Crippen LogP contribution in [0.3, 0.4) is 0 Å². The van der Waals surface area contributed by atoms with Gasteiger partial charge < -0.3 is 20.1 Å². The molecule has 1 aromatic heterocycles. The molecule has 3 amide bonds. The lowest BCUT2D eigenvalue weighted by Crippen LogP contribution is -2.43. The molecule has 28 heavy (non-hydrogen) atoms. The summed E-state index contributed by atoms with van der Waals surface area (Å²) in [4.78, 5) is 27.3. The molecule has 2 aromatic rings. The van der Waals surface area contributed by atoms with Gasteiger partial charge in [0.15, 0.2) is 0 Å². The van der Waals surface area contributed by atoms with Crippen molar-refractivity contribution >= 4 is 33.6 Å². The van der Waals surface area contributed by atoms with Gasteiger partial charge in [-0.1, -0.05) is 34.9 Å². The van der Waals surface area contributed by atoms with Crippen LogP contribution in [0.4, 0.5) is 10.5 Å². The maximum absolute atomic E-state index is 13.1. The van der Waals surface area contributed by atoms with E-state index in [0.717, 1.165) is 24.0 Å². The summed E-state index contributed by atoms with van der Waals surface area (Å²) in [6.07, 6.45) is 1.12. The van der Waals surface area contributed by atoms with Crippen LogP contribution >= 0.6 is 15.9 Å². The lowest BCUT2D eigenvalue weighted by molar-refractivity contribution is 0.0624. The Bertz CT molecular complexity index is 857. The van der Waals surface area contributed by atoms with Crippen LogP contribution in [0, 0.1) is 18.8 Å². The molecule has 1 aliphatic rings. The van der Waals surface area contributed by atoms with Crippen molar-refractivity contribution in [3.63, 3.8) is 0 Å². The van der Waals surface area contributed by atoms with Gasteiger partial charge in [0.1, 0.15) is 11.5 Å². The van der Waals surface area contributed by atoms with Gasteiger partial charge in [0.2, 0.25) is 0 Å². The molecule has 7 nitrogen and oxygen atoms in total. The molecule has 1 saturated heterocycles. The lowest BCUT2D eigenvalue weighted by atomic mass is 9.91. The number of piperidine rings is 1. The molecule has 2 heterocycles. The predicted octanol–water partition coefficient (Wildman–Crippen LogP) is 4.19. The van der Waals surface area contributed by atoms with Crippen LogP contribution in [0.25, 0.3) is 0 Å². The Kier molecular flexibility index (Phi) is 6.39. The van der Waals surface area contributed by atoms with Crippen molar-refractivity contribution in [2.24, 2.45) is 11.8 Å². The lowest BCUT2D eigenvalue weighted by Gasteiger charge is -2.35. The number of anilines is 1. The third-order valence-corrected chi connectivity index (χ3v) is 5.22. The normalized spacial score (nSPS) is 19.4. The summed E-state index contributed by atoms with van der Waals surface area (Å²) < 4.78 is 5.78. The van der Waals surface area contributed by atoms with E-state index in [1.165, 1.54) is 0 Å². The van der Waals surface area contributed by atoms with Gasteiger partial charge in [0.05, 0.1) is 17.8 Å². The van der Waals surface area contributed by atoms with E-state index in [1.807, 2.05) is 4.90 Å². The molecule has 1 fully saturated rings. The average molecular weight is 449 g/mol. The van der Waals surface area contributed by atoms with E-state index in [9.17, 15) is 9.59 Å². The summed E-state index contributed by atoms with van der Waals surface area (Å²) in [5, 5.41) is 9.35. The molecule has 150 valence electrons. The maximum Gasteiger partial charge on any atom is 0.319 e. The Morgan fingerprint density at radius 3 is 2.61 bits per heavy atom. The molecule has 1 aromatic carbocycles. The van der Waals surface area contributed by atoms with Gasteiger partial charge in [-0.25, -0.2) is 4.79 Å². The van der Waals surface area contributed by atoms with E-state index in [4.69, 9.17) is 4.52 Å². The Labute approximate surface area is 173 Å². The number of likely N-dealkylation sites (tertiary alicyclic amines) is 1. The minimum atomic E-state index is -0.405. The number of rotatable bonds is 4. The van der Waals surface area contributed by atoms with Crippen LogP contribution in [-0.2, 0) is 6.54 Å². The van der Waals surface area contributed by atoms with Gasteiger partial charge in [0.25, 0.3) is 5.91 Å². The predicted molar refractivity (Wildman–Crippen MR) is 110 cm³/mol. The highest BCUT2D eigenvalue weighted by atomic mass is 79.9. The fourth-order valence-electron chi connectivity index (χ4n) is 3.64. The van der Waals surface area contributed by atoms with Crippen molar-refractivity contribution in [2.75, 3.05) is 18.4 Å². The number of halogens is 1. The highest BCUT2D eigenvalue weighted by molar-refractivity contribution is 9.10. The van der Waals surface area contributed by atoms with E-state index >= 15 is 0 Å². The van der Waals surface area contributed by atoms with Gasteiger partial charge in [-0.05, 0) is 43.4 Å². The summed E-state index contributed by atoms with van der Waals surface area (Å²) >= 11 is 3.42. The first kappa shape index (κ1) is 20.4. The number of nitrogens with one attached hydrogen (secondary N) is 2. The van der Waals surface area contributed by atoms with Crippen molar-refractivity contribution in [3.8, 4) is 0 Å². The Hall–Kier alpha value is -2.35. The number of hydrogen-bond acceptors (Lipinski definition) is 4. The zero-order valence-electron chi connectivity index (χ0n) is 16.3. The number of hydrogen-bond donors (Lipinski definition) is 2. The number of aryl methyl sites for hydroxylation is 1. The molecule has 1 aliphatic heterocycles. The van der Waals surface area contributed by atoms with Crippen LogP contribution in [-0.4, -0.2) is 35.1 Å². The first-order chi connectivity index (χ1) is 13.3. The van der Waals surface area contributed by atoms with E-state index < -0.39 is 6.03 Å². The zero-order valence-corrected chi connectivity index (χ0v) is 17.9. The highest BCUT2D eigenvalue weighted by Gasteiger charge is 2.27. The van der Waals surface area contributed by atoms with Gasteiger partial charge >= 0.3 is 6.03 Å². The molecular formula is C20H25BrN4O3. The van der Waals surface area contributed by atoms with E-state index in [-0.39, 0.29) is 12.5 Å². The van der Waals surface area contributed by atoms with Crippen LogP contribution in [0.5, 0.6) is 0 Å². The molecule has 2 N–H and O–H groups in total. The van der Waals surface area contributed by atoms with Crippen LogP contribution in [0.15, 0.2) is 33.3 Å². The standard InChI is InChI=1S/C20H25BrN4O3/c1-12-6-13(2)11-25(10-12)19(26)17-8-15(21)4-5-18(17)23-20(27)22-9-16-7-14(3)28-24-16/h4-5,7-8,12-13H,6,9-11H2,1-3H3,(H2,22,23,27)/t12-,13+. The Balaban J connectivity index is 1.71. The molecule has 8 heteroatoms. The molecule has 3 rings (SSSR count). The number of benzene rings is 1.